The second-order valence-corrected chi connectivity index (χ2v) is 8.70. The van der Waals surface area contributed by atoms with Crippen molar-refractivity contribution in [3.63, 3.8) is 0 Å². The predicted molar refractivity (Wildman–Crippen MR) is 110 cm³/mol. The monoisotopic (exact) mass is 459 g/mol. The number of thiophene rings is 1. The van der Waals surface area contributed by atoms with Gasteiger partial charge in [-0.3, -0.25) is 4.72 Å². The summed E-state index contributed by atoms with van der Waals surface area (Å²) in [6, 6.07) is 11.9. The molecule has 0 fully saturated rings. The largest absolute Gasteiger partial charge is 0.452 e. The van der Waals surface area contributed by atoms with E-state index in [2.05, 4.69) is 14.9 Å². The molecule has 0 unspecified atom stereocenters. The third-order valence-electron chi connectivity index (χ3n) is 4.07. The van der Waals surface area contributed by atoms with Crippen molar-refractivity contribution in [3.8, 4) is 11.4 Å². The van der Waals surface area contributed by atoms with Crippen molar-refractivity contribution in [2.24, 2.45) is 0 Å². The molecule has 0 radical (unpaired) electrons. The molecule has 31 heavy (non-hydrogen) atoms. The molecule has 4 rings (SSSR count). The lowest BCUT2D eigenvalue weighted by Gasteiger charge is -2.09. The molecule has 0 spiro atoms. The van der Waals surface area contributed by atoms with E-state index < -0.39 is 21.8 Å². The van der Waals surface area contributed by atoms with E-state index in [0.29, 0.717) is 5.82 Å². The minimum Gasteiger partial charge on any atom is -0.452 e. The molecular weight excluding hydrogens is 445 g/mol. The maximum atomic E-state index is 13.0. The minimum atomic E-state index is -3.89. The van der Waals surface area contributed by atoms with Crippen molar-refractivity contribution in [1.29, 1.82) is 0 Å². The van der Waals surface area contributed by atoms with Gasteiger partial charge in [0.25, 0.3) is 15.9 Å². The highest BCUT2D eigenvalue weighted by molar-refractivity contribution is 7.92. The number of carbonyl (C=O) groups is 1. The third-order valence-corrected chi connectivity index (χ3v) is 6.15. The Labute approximate surface area is 180 Å². The molecular formula is C20H14FN3O5S2. The highest BCUT2D eigenvalue weighted by atomic mass is 32.2. The highest BCUT2D eigenvalue weighted by Crippen LogP contribution is 2.20. The SMILES string of the molecule is O=C(OCc1nc(-c2ccsc2)no1)c1ccc(NS(=O)(=O)c2ccc(F)cc2)cc1. The van der Waals surface area contributed by atoms with E-state index in [1.165, 1.54) is 35.6 Å². The van der Waals surface area contributed by atoms with Gasteiger partial charge in [-0.2, -0.15) is 16.3 Å². The molecule has 1 N–H and O–H groups in total. The number of rotatable bonds is 7. The van der Waals surface area contributed by atoms with Crippen LogP contribution in [0.15, 0.2) is 74.8 Å². The van der Waals surface area contributed by atoms with Crippen LogP contribution in [0, 0.1) is 5.82 Å². The molecule has 0 aliphatic carbocycles. The van der Waals surface area contributed by atoms with Crippen molar-refractivity contribution in [2.75, 3.05) is 4.72 Å². The molecule has 0 saturated heterocycles. The number of hydrogen-bond donors (Lipinski definition) is 1. The Balaban J connectivity index is 1.36. The number of hydrogen-bond acceptors (Lipinski definition) is 8. The predicted octanol–water partition coefficient (Wildman–Crippen LogP) is 4.10. The van der Waals surface area contributed by atoms with Crippen LogP contribution in [0.3, 0.4) is 0 Å². The first kappa shape index (κ1) is 20.7. The normalized spacial score (nSPS) is 11.3. The molecule has 2 aromatic heterocycles. The van der Waals surface area contributed by atoms with Gasteiger partial charge in [0.15, 0.2) is 6.61 Å². The fourth-order valence-electron chi connectivity index (χ4n) is 2.54. The van der Waals surface area contributed by atoms with Crippen LogP contribution in [0.4, 0.5) is 10.1 Å². The Morgan fingerprint density at radius 3 is 2.52 bits per heavy atom. The Morgan fingerprint density at radius 2 is 1.84 bits per heavy atom. The van der Waals surface area contributed by atoms with E-state index in [4.69, 9.17) is 9.26 Å². The smallest absolute Gasteiger partial charge is 0.338 e. The summed E-state index contributed by atoms with van der Waals surface area (Å²) < 4.78 is 50.2. The number of sulfonamides is 1. The summed E-state index contributed by atoms with van der Waals surface area (Å²) in [7, 11) is -3.89. The number of benzene rings is 2. The first-order valence-electron chi connectivity index (χ1n) is 8.81. The third kappa shape index (κ3) is 4.95. The molecule has 8 nitrogen and oxygen atoms in total. The van der Waals surface area contributed by atoms with Crippen LogP contribution in [0.2, 0.25) is 0 Å². The number of carbonyl (C=O) groups excluding carboxylic acids is 1. The summed E-state index contributed by atoms with van der Waals surface area (Å²) in [5, 5.41) is 7.58. The van der Waals surface area contributed by atoms with Crippen molar-refractivity contribution < 1.29 is 26.9 Å². The molecule has 0 saturated carbocycles. The van der Waals surface area contributed by atoms with E-state index in [1.807, 2.05) is 16.8 Å². The van der Waals surface area contributed by atoms with Gasteiger partial charge in [-0.15, -0.1) is 0 Å². The average Bonchev–Trinajstić information content (AvgIpc) is 3.44. The van der Waals surface area contributed by atoms with Gasteiger partial charge in [0, 0.05) is 16.6 Å². The second-order valence-electron chi connectivity index (χ2n) is 6.24. The lowest BCUT2D eigenvalue weighted by atomic mass is 10.2. The van der Waals surface area contributed by atoms with Gasteiger partial charge in [0.1, 0.15) is 5.82 Å². The van der Waals surface area contributed by atoms with E-state index in [0.717, 1.165) is 29.8 Å². The molecule has 0 atom stereocenters. The highest BCUT2D eigenvalue weighted by Gasteiger charge is 2.16. The van der Waals surface area contributed by atoms with Gasteiger partial charge in [-0.05, 0) is 60.0 Å². The first-order valence-corrected chi connectivity index (χ1v) is 11.2. The number of nitrogens with zero attached hydrogens (tertiary/aromatic N) is 2. The lowest BCUT2D eigenvalue weighted by molar-refractivity contribution is 0.0430. The molecule has 0 bridgehead atoms. The van der Waals surface area contributed by atoms with E-state index in [-0.39, 0.29) is 28.6 Å². The van der Waals surface area contributed by atoms with Gasteiger partial charge in [-0.25, -0.2) is 17.6 Å². The number of aromatic nitrogens is 2. The van der Waals surface area contributed by atoms with E-state index in [9.17, 15) is 17.6 Å². The number of halogens is 1. The summed E-state index contributed by atoms with van der Waals surface area (Å²) in [5.41, 5.74) is 1.26. The maximum Gasteiger partial charge on any atom is 0.338 e. The van der Waals surface area contributed by atoms with Crippen LogP contribution in [-0.2, 0) is 21.4 Å². The second kappa shape index (κ2) is 8.66. The van der Waals surface area contributed by atoms with Crippen molar-refractivity contribution >= 4 is 33.0 Å². The summed E-state index contributed by atoms with van der Waals surface area (Å²) in [5.74, 6) is -0.614. The Kier molecular flexibility index (Phi) is 5.78. The first-order chi connectivity index (χ1) is 14.9. The summed E-state index contributed by atoms with van der Waals surface area (Å²) in [6.07, 6.45) is 0. The molecule has 0 amide bonds. The molecule has 4 aromatic rings. The Morgan fingerprint density at radius 1 is 1.10 bits per heavy atom. The summed E-state index contributed by atoms with van der Waals surface area (Å²) >= 11 is 1.50. The fraction of sp³-hybridized carbons (Fsp3) is 0.0500. The summed E-state index contributed by atoms with van der Waals surface area (Å²) in [4.78, 5) is 16.3. The topological polar surface area (TPSA) is 111 Å². The van der Waals surface area contributed by atoms with Crippen LogP contribution in [0.5, 0.6) is 0 Å². The zero-order chi connectivity index (χ0) is 21.8. The number of anilines is 1. The van der Waals surface area contributed by atoms with Gasteiger partial charge in [0.2, 0.25) is 5.82 Å². The van der Waals surface area contributed by atoms with Crippen LogP contribution in [0.1, 0.15) is 16.2 Å². The van der Waals surface area contributed by atoms with Gasteiger partial charge < -0.3 is 9.26 Å². The standard InChI is InChI=1S/C20H14FN3O5S2/c21-15-3-7-17(8-4-15)31(26,27)24-16-5-1-13(2-6-16)20(25)28-11-18-22-19(23-29-18)14-9-10-30-12-14/h1-10,12,24H,11H2. The average molecular weight is 459 g/mol. The van der Waals surface area contributed by atoms with Gasteiger partial charge in [-0.1, -0.05) is 5.16 Å². The van der Waals surface area contributed by atoms with Crippen molar-refractivity contribution in [3.05, 3.63) is 82.6 Å². The zero-order valence-corrected chi connectivity index (χ0v) is 17.3. The number of nitrogens with one attached hydrogen (secondary N) is 1. The van der Waals surface area contributed by atoms with Crippen molar-refractivity contribution in [1.82, 2.24) is 10.1 Å². The van der Waals surface area contributed by atoms with E-state index in [1.54, 1.807) is 0 Å². The molecule has 0 aliphatic heterocycles. The molecule has 11 heteroatoms. The zero-order valence-electron chi connectivity index (χ0n) is 15.7. The molecule has 2 aromatic carbocycles. The molecule has 0 aliphatic rings. The van der Waals surface area contributed by atoms with Gasteiger partial charge in [0.05, 0.1) is 10.5 Å². The van der Waals surface area contributed by atoms with Gasteiger partial charge >= 0.3 is 5.97 Å². The van der Waals surface area contributed by atoms with Crippen LogP contribution >= 0.6 is 11.3 Å². The maximum absolute atomic E-state index is 13.0. The van der Waals surface area contributed by atoms with Crippen molar-refractivity contribution in [2.45, 2.75) is 11.5 Å². The minimum absolute atomic E-state index is 0.0845. The van der Waals surface area contributed by atoms with Crippen LogP contribution in [-0.4, -0.2) is 24.5 Å². The lowest BCUT2D eigenvalue weighted by Crippen LogP contribution is -2.13. The van der Waals surface area contributed by atoms with Crippen LogP contribution in [0.25, 0.3) is 11.4 Å². The number of ether oxygens (including phenoxy) is 1. The Hall–Kier alpha value is -3.57. The Bertz CT molecular complexity index is 1290. The fourth-order valence-corrected chi connectivity index (χ4v) is 4.23. The van der Waals surface area contributed by atoms with E-state index >= 15 is 0 Å². The number of esters is 1. The quantitative estimate of drug-likeness (QED) is 0.414. The molecule has 158 valence electrons. The summed E-state index contributed by atoms with van der Waals surface area (Å²) in [6.45, 7) is -0.199. The van der Waals surface area contributed by atoms with Crippen LogP contribution < -0.4 is 4.72 Å². The molecule has 2 heterocycles.